The van der Waals surface area contributed by atoms with Gasteiger partial charge in [-0.2, -0.15) is 0 Å². The van der Waals surface area contributed by atoms with Crippen molar-refractivity contribution < 1.29 is 28.8 Å². The van der Waals surface area contributed by atoms with E-state index in [-0.39, 0.29) is 24.8 Å². The molecule has 2 nitrogen and oxygen atoms in total. The number of carboxylic acid groups (broad SMARTS) is 1. The zero-order valence-corrected chi connectivity index (χ0v) is 9.13. The summed E-state index contributed by atoms with van der Waals surface area (Å²) in [5, 5.41) is 10.8. The van der Waals surface area contributed by atoms with E-state index >= 15 is 0 Å². The maximum Gasteiger partial charge on any atom is 1.00 e. The fraction of sp³-hybridized carbons (Fsp3) is 0.364. The van der Waals surface area contributed by atoms with E-state index in [1.165, 1.54) is 0 Å². The third kappa shape index (κ3) is 2.90. The van der Waals surface area contributed by atoms with Crippen molar-refractivity contribution in [2.45, 2.75) is 26.7 Å². The Hall–Kier alpha value is -0.713. The molecule has 0 radical (unpaired) electrons. The van der Waals surface area contributed by atoms with Crippen molar-refractivity contribution in [1.29, 1.82) is 0 Å². The van der Waals surface area contributed by atoms with E-state index in [0.717, 1.165) is 11.1 Å². The summed E-state index contributed by atoms with van der Waals surface area (Å²) in [6.45, 7) is 5.81. The van der Waals surface area contributed by atoms with Crippen LogP contribution in [0.3, 0.4) is 0 Å². The number of hydrogen-bond donors (Lipinski definition) is 0. The molecular formula is C11H13LiO2. The molecule has 0 fully saturated rings. The summed E-state index contributed by atoms with van der Waals surface area (Å²) in [6, 6.07) is 5.43. The number of rotatable bonds is 2. The number of carbonyl (C=O) groups is 1. The second-order valence-electron chi connectivity index (χ2n) is 3.53. The molecule has 0 aromatic heterocycles. The molecule has 1 aromatic carbocycles. The van der Waals surface area contributed by atoms with Crippen LogP contribution in [-0.4, -0.2) is 5.97 Å². The summed E-state index contributed by atoms with van der Waals surface area (Å²) in [5.74, 6) is -0.874. The van der Waals surface area contributed by atoms with Crippen LogP contribution in [0.4, 0.5) is 0 Å². The summed E-state index contributed by atoms with van der Waals surface area (Å²) in [5.41, 5.74) is 2.10. The summed E-state index contributed by atoms with van der Waals surface area (Å²) in [6.07, 6.45) is 0. The Balaban J connectivity index is 0.00000169. The van der Waals surface area contributed by atoms with E-state index < -0.39 is 5.97 Å². The van der Waals surface area contributed by atoms with Crippen LogP contribution in [-0.2, 0) is 0 Å². The Morgan fingerprint density at radius 2 is 1.93 bits per heavy atom. The van der Waals surface area contributed by atoms with Crippen molar-refractivity contribution in [3.63, 3.8) is 0 Å². The molecule has 0 saturated carbocycles. The molecule has 0 saturated heterocycles. The molecule has 0 aliphatic rings. The van der Waals surface area contributed by atoms with Gasteiger partial charge in [-0.05, 0) is 24.5 Å². The SMILES string of the molecule is Cc1ccc(C(C)C)c(C(=O)[O-])c1.[Li+]. The fourth-order valence-corrected chi connectivity index (χ4v) is 1.35. The predicted octanol–water partition coefficient (Wildman–Crippen LogP) is -1.51. The summed E-state index contributed by atoms with van der Waals surface area (Å²) in [4.78, 5) is 10.8. The third-order valence-electron chi connectivity index (χ3n) is 2.05. The van der Waals surface area contributed by atoms with Crippen molar-refractivity contribution in [1.82, 2.24) is 0 Å². The molecule has 0 aliphatic carbocycles. The predicted molar refractivity (Wildman–Crippen MR) is 49.6 cm³/mol. The molecule has 1 aromatic rings. The van der Waals surface area contributed by atoms with Crippen LogP contribution >= 0.6 is 0 Å². The fourth-order valence-electron chi connectivity index (χ4n) is 1.35. The van der Waals surface area contributed by atoms with Crippen LogP contribution in [0.2, 0.25) is 0 Å². The van der Waals surface area contributed by atoms with Crippen LogP contribution in [0.25, 0.3) is 0 Å². The number of aryl methyl sites for hydroxylation is 1. The first-order valence-corrected chi connectivity index (χ1v) is 4.34. The molecule has 0 bridgehead atoms. The smallest absolute Gasteiger partial charge is 0.545 e. The number of carbonyl (C=O) groups excluding carboxylic acids is 1. The van der Waals surface area contributed by atoms with Gasteiger partial charge in [-0.25, -0.2) is 0 Å². The largest absolute Gasteiger partial charge is 1.00 e. The van der Waals surface area contributed by atoms with Gasteiger partial charge in [-0.3, -0.25) is 0 Å². The van der Waals surface area contributed by atoms with Gasteiger partial charge in [0.15, 0.2) is 0 Å². The molecule has 0 unspecified atom stereocenters. The van der Waals surface area contributed by atoms with E-state index in [4.69, 9.17) is 0 Å². The number of carboxylic acids is 1. The minimum atomic E-state index is -1.09. The summed E-state index contributed by atoms with van der Waals surface area (Å²) < 4.78 is 0. The van der Waals surface area contributed by atoms with Gasteiger partial charge in [0, 0.05) is 5.56 Å². The van der Waals surface area contributed by atoms with Crippen LogP contribution < -0.4 is 24.0 Å². The second kappa shape index (κ2) is 5.24. The quantitative estimate of drug-likeness (QED) is 0.524. The molecule has 0 heterocycles. The van der Waals surface area contributed by atoms with Gasteiger partial charge >= 0.3 is 18.9 Å². The monoisotopic (exact) mass is 184 g/mol. The number of aromatic carboxylic acids is 1. The Morgan fingerprint density at radius 1 is 1.36 bits per heavy atom. The number of hydrogen-bond acceptors (Lipinski definition) is 2. The van der Waals surface area contributed by atoms with E-state index in [9.17, 15) is 9.90 Å². The molecule has 14 heavy (non-hydrogen) atoms. The molecule has 0 atom stereocenters. The van der Waals surface area contributed by atoms with Crippen LogP contribution in [0.1, 0.15) is 41.3 Å². The van der Waals surface area contributed by atoms with Crippen LogP contribution in [0, 0.1) is 6.92 Å². The summed E-state index contributed by atoms with van der Waals surface area (Å²) in [7, 11) is 0. The number of benzene rings is 1. The van der Waals surface area contributed by atoms with Gasteiger partial charge in [0.25, 0.3) is 0 Å². The zero-order valence-electron chi connectivity index (χ0n) is 9.13. The first kappa shape index (κ1) is 13.3. The van der Waals surface area contributed by atoms with Crippen LogP contribution in [0.5, 0.6) is 0 Å². The van der Waals surface area contributed by atoms with E-state index in [2.05, 4.69) is 0 Å². The zero-order chi connectivity index (χ0) is 10.0. The Bertz CT molecular complexity index is 332. The minimum absolute atomic E-state index is 0. The molecule has 3 heteroatoms. The van der Waals surface area contributed by atoms with Gasteiger partial charge in [0.2, 0.25) is 0 Å². The average molecular weight is 184 g/mol. The summed E-state index contributed by atoms with van der Waals surface area (Å²) >= 11 is 0. The van der Waals surface area contributed by atoms with Gasteiger partial charge in [-0.15, -0.1) is 0 Å². The van der Waals surface area contributed by atoms with Gasteiger partial charge in [-0.1, -0.05) is 31.5 Å². The Morgan fingerprint density at radius 3 is 2.36 bits per heavy atom. The van der Waals surface area contributed by atoms with Gasteiger partial charge in [0.05, 0.1) is 5.97 Å². The minimum Gasteiger partial charge on any atom is -0.545 e. The van der Waals surface area contributed by atoms with E-state index in [0.29, 0.717) is 5.56 Å². The first-order valence-electron chi connectivity index (χ1n) is 4.34. The maximum absolute atomic E-state index is 10.8. The molecule has 0 spiro atoms. The Labute approximate surface area is 96.5 Å². The van der Waals surface area contributed by atoms with Crippen molar-refractivity contribution in [2.24, 2.45) is 0 Å². The van der Waals surface area contributed by atoms with E-state index in [1.807, 2.05) is 32.9 Å². The molecule has 0 amide bonds. The molecular weight excluding hydrogens is 171 g/mol. The van der Waals surface area contributed by atoms with E-state index in [1.54, 1.807) is 6.07 Å². The second-order valence-corrected chi connectivity index (χ2v) is 3.53. The molecule has 70 valence electrons. The molecule has 0 N–H and O–H groups in total. The standard InChI is InChI=1S/C11H14O2.Li/c1-7(2)9-5-4-8(3)6-10(9)11(12)13;/h4-7H,1-3H3,(H,12,13);/q;+1/p-1. The third-order valence-corrected chi connectivity index (χ3v) is 2.05. The van der Waals surface area contributed by atoms with Crippen molar-refractivity contribution in [2.75, 3.05) is 0 Å². The normalized spacial score (nSPS) is 9.71. The Kier molecular flexibility index (Phi) is 4.97. The maximum atomic E-state index is 10.8. The van der Waals surface area contributed by atoms with Crippen molar-refractivity contribution >= 4 is 5.97 Å². The average Bonchev–Trinajstić information content (AvgIpc) is 2.03. The van der Waals surface area contributed by atoms with Gasteiger partial charge in [0.1, 0.15) is 0 Å². The van der Waals surface area contributed by atoms with Gasteiger partial charge < -0.3 is 9.90 Å². The van der Waals surface area contributed by atoms with Crippen molar-refractivity contribution in [3.8, 4) is 0 Å². The van der Waals surface area contributed by atoms with Crippen molar-refractivity contribution in [3.05, 3.63) is 34.9 Å². The van der Waals surface area contributed by atoms with Crippen LogP contribution in [0.15, 0.2) is 18.2 Å². The topological polar surface area (TPSA) is 40.1 Å². The molecule has 1 rings (SSSR count). The molecule has 0 aliphatic heterocycles. The first-order chi connectivity index (χ1) is 6.02.